The minimum Gasteiger partial charge on any atom is -0.292 e. The van der Waals surface area contributed by atoms with Crippen LogP contribution in [-0.2, 0) is 0 Å². The maximum atomic E-state index is 8.96. The third kappa shape index (κ3) is 4.54. The zero-order chi connectivity index (χ0) is 39.9. The fourth-order valence-electron chi connectivity index (χ4n) is 6.62. The molecule has 0 saturated carbocycles. The summed E-state index contributed by atoms with van der Waals surface area (Å²) < 4.78 is 87.4. The molecule has 2 heteroatoms. The second-order valence-electron chi connectivity index (χ2n) is 11.2. The van der Waals surface area contributed by atoms with E-state index in [0.29, 0.717) is 28.0 Å². The van der Waals surface area contributed by atoms with Gasteiger partial charge in [0.1, 0.15) is 5.82 Å². The van der Waals surface area contributed by atoms with E-state index < -0.39 is 36.3 Å². The molecule has 9 rings (SSSR count). The Labute approximate surface area is 287 Å². The van der Waals surface area contributed by atoms with Crippen LogP contribution >= 0.6 is 0 Å². The van der Waals surface area contributed by atoms with Gasteiger partial charge < -0.3 is 0 Å². The molecule has 0 fully saturated rings. The van der Waals surface area contributed by atoms with Crippen molar-refractivity contribution in [1.82, 2.24) is 9.55 Å². The first-order valence-corrected chi connectivity index (χ1v) is 15.2. The van der Waals surface area contributed by atoms with Crippen LogP contribution in [0.3, 0.4) is 0 Å². The molecule has 0 radical (unpaired) electrons. The maximum absolute atomic E-state index is 8.96. The Morgan fingerprint density at radius 2 is 1.06 bits per heavy atom. The molecular weight excluding hydrogens is 569 g/mol. The number of imidazole rings is 1. The topological polar surface area (TPSA) is 17.8 Å². The lowest BCUT2D eigenvalue weighted by Gasteiger charge is -2.20. The first-order chi connectivity index (χ1) is 27.5. The van der Waals surface area contributed by atoms with Gasteiger partial charge in [0.25, 0.3) is 0 Å². The van der Waals surface area contributed by atoms with Crippen LogP contribution < -0.4 is 0 Å². The van der Waals surface area contributed by atoms with E-state index in [1.807, 2.05) is 109 Å². The van der Waals surface area contributed by atoms with Crippen molar-refractivity contribution in [2.24, 2.45) is 0 Å². The summed E-state index contributed by atoms with van der Waals surface area (Å²) in [6.45, 7) is 0. The third-order valence-corrected chi connectivity index (χ3v) is 8.58. The van der Waals surface area contributed by atoms with Gasteiger partial charge in [-0.15, -0.1) is 0 Å². The quantitative estimate of drug-likeness (QED) is 0.178. The average molecular weight is 609 g/mol. The number of para-hydroxylation sites is 3. The Hall–Kier alpha value is -6.25. The van der Waals surface area contributed by atoms with Crippen LogP contribution in [0.4, 0.5) is 0 Å². The predicted molar refractivity (Wildman–Crippen MR) is 198 cm³/mol. The zero-order valence-corrected chi connectivity index (χ0v) is 24.9. The lowest BCUT2D eigenvalue weighted by atomic mass is 9.83. The largest absolute Gasteiger partial charge is 0.292 e. The molecule has 0 aliphatic heterocycles. The van der Waals surface area contributed by atoms with Gasteiger partial charge in [-0.2, -0.15) is 0 Å². The molecule has 0 N–H and O–H groups in total. The maximum Gasteiger partial charge on any atom is 0.146 e. The molecule has 1 aromatic heterocycles. The molecule has 9 aromatic rings. The number of rotatable bonds is 5. The number of hydrogen-bond acceptors (Lipinski definition) is 1. The molecule has 0 aliphatic rings. The third-order valence-electron chi connectivity index (χ3n) is 8.58. The van der Waals surface area contributed by atoms with Gasteiger partial charge in [-0.3, -0.25) is 4.57 Å². The van der Waals surface area contributed by atoms with Crippen LogP contribution in [0.15, 0.2) is 182 Å². The molecule has 0 atom stereocenters. The van der Waals surface area contributed by atoms with E-state index >= 15 is 0 Å². The Kier molecular flexibility index (Phi) is 4.48. The number of hydrogen-bond donors (Lipinski definition) is 0. The van der Waals surface area contributed by atoms with Crippen molar-refractivity contribution in [2.45, 2.75) is 0 Å². The van der Waals surface area contributed by atoms with Crippen LogP contribution in [0.1, 0.15) is 13.7 Å². The van der Waals surface area contributed by atoms with Gasteiger partial charge in [-0.05, 0) is 85.2 Å². The molecule has 8 aromatic carbocycles. The Morgan fingerprint density at radius 3 is 1.85 bits per heavy atom. The van der Waals surface area contributed by atoms with Crippen molar-refractivity contribution >= 4 is 32.6 Å². The van der Waals surface area contributed by atoms with E-state index in [4.69, 9.17) is 18.7 Å². The van der Waals surface area contributed by atoms with E-state index in [-0.39, 0.29) is 35.4 Å². The lowest BCUT2D eigenvalue weighted by molar-refractivity contribution is 1.10. The zero-order valence-electron chi connectivity index (χ0n) is 34.9. The van der Waals surface area contributed by atoms with Gasteiger partial charge in [-0.25, -0.2) is 4.98 Å². The standard InChI is InChI=1S/C45H30N2/c1-4-16-31(17-5-1)33-28-29-38-40(30-33)43(32-18-6-2-7-19-32)35-22-10-11-23-36(35)44(38)37-24-12-13-25-39(37)45-46-41-26-14-15-27-42(41)47(45)34-20-8-3-9-21-34/h1-30H/i1D,3D,4D,5D,8D,9D,16D,17D,20D,21D. The highest BCUT2D eigenvalue weighted by atomic mass is 15.1. The summed E-state index contributed by atoms with van der Waals surface area (Å²) in [4.78, 5) is 5.07. The van der Waals surface area contributed by atoms with Gasteiger partial charge in [0.05, 0.1) is 24.7 Å². The van der Waals surface area contributed by atoms with Crippen LogP contribution in [-0.4, -0.2) is 9.55 Å². The van der Waals surface area contributed by atoms with E-state index in [1.54, 1.807) is 10.6 Å². The monoisotopic (exact) mass is 608 g/mol. The molecule has 0 aliphatic carbocycles. The molecule has 47 heavy (non-hydrogen) atoms. The molecule has 0 bridgehead atoms. The fraction of sp³-hybridized carbons (Fsp3) is 0. The number of nitrogens with zero attached hydrogens (tertiary/aromatic N) is 2. The molecule has 0 saturated heterocycles. The lowest BCUT2D eigenvalue weighted by Crippen LogP contribution is -1.99. The highest BCUT2D eigenvalue weighted by Crippen LogP contribution is 2.47. The predicted octanol–water partition coefficient (Wildman–Crippen LogP) is 12.0. The Morgan fingerprint density at radius 1 is 0.447 bits per heavy atom. The first-order valence-electron chi connectivity index (χ1n) is 20.2. The molecule has 2 nitrogen and oxygen atoms in total. The van der Waals surface area contributed by atoms with Gasteiger partial charge in [-0.1, -0.05) is 151 Å². The van der Waals surface area contributed by atoms with Crippen molar-refractivity contribution in [3.63, 3.8) is 0 Å². The molecular formula is C45H30N2. The summed E-state index contributed by atoms with van der Waals surface area (Å²) >= 11 is 0. The van der Waals surface area contributed by atoms with Crippen LogP contribution in [0.25, 0.3) is 83.0 Å². The van der Waals surface area contributed by atoms with Gasteiger partial charge in [0.2, 0.25) is 0 Å². The van der Waals surface area contributed by atoms with Crippen LogP contribution in [0.2, 0.25) is 0 Å². The average Bonchev–Trinajstić information content (AvgIpc) is 3.62. The summed E-state index contributed by atoms with van der Waals surface area (Å²) in [6.07, 6.45) is 0. The van der Waals surface area contributed by atoms with Crippen LogP contribution in [0, 0.1) is 0 Å². The van der Waals surface area contributed by atoms with Crippen LogP contribution in [0.5, 0.6) is 0 Å². The first kappa shape index (κ1) is 18.7. The Bertz CT molecular complexity index is 3080. The van der Waals surface area contributed by atoms with Crippen molar-refractivity contribution in [1.29, 1.82) is 0 Å². The molecule has 1 heterocycles. The number of aromatic nitrogens is 2. The van der Waals surface area contributed by atoms with Crippen molar-refractivity contribution in [3.8, 4) is 50.5 Å². The van der Waals surface area contributed by atoms with Crippen molar-refractivity contribution in [3.05, 3.63) is 182 Å². The number of fused-ring (bicyclic) bond motifs is 3. The SMILES string of the molecule is [2H]c1c([2H])c([2H])c(-c2ccc3c(-c4ccccc4-c4nc5ccccc5n4-c4c([2H])c([2H])c([2H])c([2H])c4[2H])c4ccccc4c(-c4ccccc4)c3c2)c([2H])c1[2H]. The fourth-order valence-corrected chi connectivity index (χ4v) is 6.62. The van der Waals surface area contributed by atoms with E-state index in [0.717, 1.165) is 43.8 Å². The number of benzene rings is 8. The summed E-state index contributed by atoms with van der Waals surface area (Å²) in [5, 5.41) is 3.44. The van der Waals surface area contributed by atoms with Gasteiger partial charge in [0.15, 0.2) is 0 Å². The minimum absolute atomic E-state index is 0.0168. The van der Waals surface area contributed by atoms with E-state index in [9.17, 15) is 0 Å². The highest BCUT2D eigenvalue weighted by Gasteiger charge is 2.22. The second kappa shape index (κ2) is 11.3. The smallest absolute Gasteiger partial charge is 0.146 e. The summed E-state index contributed by atoms with van der Waals surface area (Å²) in [6, 6.07) is 34.6. The summed E-state index contributed by atoms with van der Waals surface area (Å²) in [5.41, 5.74) is 5.78. The summed E-state index contributed by atoms with van der Waals surface area (Å²) in [7, 11) is 0. The summed E-state index contributed by atoms with van der Waals surface area (Å²) in [5.74, 6) is 0.380. The molecule has 220 valence electrons. The van der Waals surface area contributed by atoms with E-state index in [2.05, 4.69) is 6.07 Å². The molecule has 0 amide bonds. The molecule has 0 unspecified atom stereocenters. The minimum atomic E-state index is -0.487. The van der Waals surface area contributed by atoms with Gasteiger partial charge >= 0.3 is 0 Å². The van der Waals surface area contributed by atoms with Gasteiger partial charge in [0, 0.05) is 11.3 Å². The normalized spacial score (nSPS) is 14.4. The van der Waals surface area contributed by atoms with Crippen molar-refractivity contribution in [2.75, 3.05) is 0 Å². The van der Waals surface area contributed by atoms with Crippen molar-refractivity contribution < 1.29 is 13.7 Å². The second-order valence-corrected chi connectivity index (χ2v) is 11.2. The van der Waals surface area contributed by atoms with E-state index in [1.165, 1.54) is 0 Å². The highest BCUT2D eigenvalue weighted by molar-refractivity contribution is 6.23. The Balaban J connectivity index is 1.42. The molecule has 0 spiro atoms.